The number of ether oxygens (including phenoxy) is 2. The monoisotopic (exact) mass is 373 g/mol. The highest BCUT2D eigenvalue weighted by Crippen LogP contribution is 2.21. The summed E-state index contributed by atoms with van der Waals surface area (Å²) in [4.78, 5) is 17.5. The van der Waals surface area contributed by atoms with Crippen molar-refractivity contribution in [1.29, 1.82) is 0 Å². The first-order valence-electron chi connectivity index (χ1n) is 9.41. The molecule has 1 aromatic heterocycles. The molecule has 27 heavy (non-hydrogen) atoms. The van der Waals surface area contributed by atoms with Crippen LogP contribution in [0.25, 0.3) is 0 Å². The van der Waals surface area contributed by atoms with E-state index in [4.69, 9.17) is 9.47 Å². The van der Waals surface area contributed by atoms with Crippen LogP contribution in [0.4, 0.5) is 0 Å². The Balaban J connectivity index is 1.49. The second-order valence-electron chi connectivity index (χ2n) is 6.81. The third-order valence-electron chi connectivity index (χ3n) is 4.69. The lowest BCUT2D eigenvalue weighted by Crippen LogP contribution is -2.33. The second-order valence-corrected chi connectivity index (χ2v) is 6.81. The van der Waals surface area contributed by atoms with Gasteiger partial charge < -0.3 is 19.1 Å². The Morgan fingerprint density at radius 2 is 2.22 bits per heavy atom. The highest BCUT2D eigenvalue weighted by atomic mass is 16.5. The number of unbranched alkanes of at least 4 members (excludes halogenated alkanes) is 1. The number of carbonyl (C=O) groups is 1. The van der Waals surface area contributed by atoms with Gasteiger partial charge in [0, 0.05) is 44.1 Å². The van der Waals surface area contributed by atoms with E-state index in [0.29, 0.717) is 26.3 Å². The van der Waals surface area contributed by atoms with Crippen LogP contribution in [0.3, 0.4) is 0 Å². The number of rotatable bonds is 9. The van der Waals surface area contributed by atoms with E-state index in [0.717, 1.165) is 37.2 Å². The highest BCUT2D eigenvalue weighted by molar-refractivity contribution is 5.70. The maximum atomic E-state index is 11.3. The molecule has 1 aliphatic rings. The Labute approximate surface area is 159 Å². The van der Waals surface area contributed by atoms with Crippen molar-refractivity contribution in [2.75, 3.05) is 32.9 Å². The van der Waals surface area contributed by atoms with Crippen LogP contribution in [-0.4, -0.2) is 58.4 Å². The summed E-state index contributed by atoms with van der Waals surface area (Å²) in [5.74, 6) is -0.412. The van der Waals surface area contributed by atoms with Gasteiger partial charge in [0.05, 0.1) is 32.1 Å². The quantitative estimate of drug-likeness (QED) is 0.680. The molecule has 1 aliphatic heterocycles. The van der Waals surface area contributed by atoms with Gasteiger partial charge >= 0.3 is 5.97 Å². The third-order valence-corrected chi connectivity index (χ3v) is 4.69. The molecule has 0 bridgehead atoms. The topological polar surface area (TPSA) is 76.8 Å². The molecule has 3 rings (SSSR count). The van der Waals surface area contributed by atoms with Gasteiger partial charge in [-0.1, -0.05) is 18.2 Å². The lowest BCUT2D eigenvalue weighted by Gasteiger charge is -2.23. The van der Waals surface area contributed by atoms with Crippen molar-refractivity contribution in [2.24, 2.45) is 5.92 Å². The number of aliphatic carboxylic acids is 1. The average Bonchev–Trinajstić information content (AvgIpc) is 3.07. The number of aromatic nitrogens is 2. The molecular formula is C20H27N3O4. The van der Waals surface area contributed by atoms with E-state index >= 15 is 0 Å². The van der Waals surface area contributed by atoms with Gasteiger partial charge in [-0.3, -0.25) is 9.69 Å². The van der Waals surface area contributed by atoms with E-state index in [2.05, 4.69) is 14.5 Å². The minimum Gasteiger partial charge on any atom is -0.493 e. The molecule has 0 spiro atoms. The van der Waals surface area contributed by atoms with E-state index < -0.39 is 11.9 Å². The lowest BCUT2D eigenvalue weighted by atomic mass is 10.1. The van der Waals surface area contributed by atoms with Crippen molar-refractivity contribution >= 4 is 5.97 Å². The molecule has 0 amide bonds. The minimum absolute atomic E-state index is 0.279. The molecule has 0 aliphatic carbocycles. The van der Waals surface area contributed by atoms with Gasteiger partial charge in [0.1, 0.15) is 5.75 Å². The van der Waals surface area contributed by atoms with Gasteiger partial charge in [0.15, 0.2) is 0 Å². The maximum Gasteiger partial charge on any atom is 0.310 e. The number of hydrogen-bond acceptors (Lipinski definition) is 5. The van der Waals surface area contributed by atoms with Gasteiger partial charge in [-0.2, -0.15) is 0 Å². The molecule has 7 heteroatoms. The normalized spacial score (nSPS) is 18.1. The zero-order valence-corrected chi connectivity index (χ0v) is 15.5. The van der Waals surface area contributed by atoms with Crippen LogP contribution in [0, 0.1) is 5.92 Å². The van der Waals surface area contributed by atoms with Gasteiger partial charge in [0.25, 0.3) is 0 Å². The zero-order chi connectivity index (χ0) is 18.9. The van der Waals surface area contributed by atoms with Gasteiger partial charge in [-0.15, -0.1) is 0 Å². The SMILES string of the molecule is O=C(O)C1COCCN(Cc2ccccc2OCCCCn2ccnc2)C1. The Morgan fingerprint density at radius 3 is 3.04 bits per heavy atom. The third kappa shape index (κ3) is 6.08. The Kier molecular flexibility index (Phi) is 7.24. The molecule has 1 atom stereocenters. The molecular weight excluding hydrogens is 346 g/mol. The number of benzene rings is 1. The van der Waals surface area contributed by atoms with Crippen LogP contribution >= 0.6 is 0 Å². The molecule has 1 N–H and O–H groups in total. The first-order valence-corrected chi connectivity index (χ1v) is 9.41. The highest BCUT2D eigenvalue weighted by Gasteiger charge is 2.24. The van der Waals surface area contributed by atoms with Crippen LogP contribution in [0.15, 0.2) is 43.0 Å². The van der Waals surface area contributed by atoms with E-state index in [-0.39, 0.29) is 6.61 Å². The molecule has 1 aromatic carbocycles. The van der Waals surface area contributed by atoms with E-state index in [9.17, 15) is 9.90 Å². The van der Waals surface area contributed by atoms with Crippen molar-refractivity contribution in [1.82, 2.24) is 14.5 Å². The Morgan fingerprint density at radius 1 is 1.33 bits per heavy atom. The second kappa shape index (κ2) is 10.1. The summed E-state index contributed by atoms with van der Waals surface area (Å²) in [5.41, 5.74) is 1.08. The lowest BCUT2D eigenvalue weighted by molar-refractivity contribution is -0.143. The number of hydrogen-bond donors (Lipinski definition) is 1. The van der Waals surface area contributed by atoms with Crippen molar-refractivity contribution in [3.63, 3.8) is 0 Å². The molecule has 1 fully saturated rings. The summed E-state index contributed by atoms with van der Waals surface area (Å²) in [7, 11) is 0. The fourth-order valence-corrected chi connectivity index (χ4v) is 3.18. The number of aryl methyl sites for hydroxylation is 1. The first kappa shape index (κ1) is 19.4. The standard InChI is InChI=1S/C20H27N3O4/c24-20(25)18-14-23(10-12-26-15-18)13-17-5-1-2-6-19(17)27-11-4-3-8-22-9-7-21-16-22/h1-2,5-7,9,16,18H,3-4,8,10-15H2,(H,24,25). The number of carboxylic acids is 1. The van der Waals surface area contributed by atoms with Crippen molar-refractivity contribution in [3.8, 4) is 5.75 Å². The molecule has 146 valence electrons. The first-order chi connectivity index (χ1) is 13.2. The van der Waals surface area contributed by atoms with Crippen molar-refractivity contribution < 1.29 is 19.4 Å². The number of imidazole rings is 1. The summed E-state index contributed by atoms with van der Waals surface area (Å²) in [5, 5.41) is 9.30. The molecule has 1 saturated heterocycles. The van der Waals surface area contributed by atoms with E-state index in [1.54, 1.807) is 6.20 Å². The van der Waals surface area contributed by atoms with Crippen LogP contribution in [0.1, 0.15) is 18.4 Å². The maximum absolute atomic E-state index is 11.3. The fourth-order valence-electron chi connectivity index (χ4n) is 3.18. The van der Waals surface area contributed by atoms with E-state index in [1.165, 1.54) is 0 Å². The number of nitrogens with zero attached hydrogens (tertiary/aromatic N) is 3. The van der Waals surface area contributed by atoms with Gasteiger partial charge in [-0.25, -0.2) is 4.98 Å². The average molecular weight is 373 g/mol. The summed E-state index contributed by atoms with van der Waals surface area (Å²) in [6.45, 7) is 4.32. The Hall–Kier alpha value is -2.38. The molecule has 0 saturated carbocycles. The van der Waals surface area contributed by atoms with Crippen LogP contribution in [0.2, 0.25) is 0 Å². The number of para-hydroxylation sites is 1. The molecule has 0 radical (unpaired) electrons. The Bertz CT molecular complexity index is 705. The zero-order valence-electron chi connectivity index (χ0n) is 15.5. The summed E-state index contributed by atoms with van der Waals surface area (Å²) < 4.78 is 13.5. The van der Waals surface area contributed by atoms with Crippen LogP contribution in [-0.2, 0) is 22.6 Å². The molecule has 1 unspecified atom stereocenters. The molecule has 2 aromatic rings. The predicted molar refractivity (Wildman–Crippen MR) is 101 cm³/mol. The van der Waals surface area contributed by atoms with Crippen LogP contribution in [0.5, 0.6) is 5.75 Å². The largest absolute Gasteiger partial charge is 0.493 e. The summed E-state index contributed by atoms with van der Waals surface area (Å²) in [6.07, 6.45) is 7.57. The molecule has 7 nitrogen and oxygen atoms in total. The summed E-state index contributed by atoms with van der Waals surface area (Å²) in [6, 6.07) is 7.98. The predicted octanol–water partition coefficient (Wildman–Crippen LogP) is 2.28. The van der Waals surface area contributed by atoms with Crippen LogP contribution < -0.4 is 4.74 Å². The van der Waals surface area contributed by atoms with Crippen molar-refractivity contribution in [2.45, 2.75) is 25.9 Å². The van der Waals surface area contributed by atoms with Gasteiger partial charge in [-0.05, 0) is 18.9 Å². The van der Waals surface area contributed by atoms with E-state index in [1.807, 2.05) is 36.8 Å². The smallest absolute Gasteiger partial charge is 0.310 e. The fraction of sp³-hybridized carbons (Fsp3) is 0.500. The van der Waals surface area contributed by atoms with Crippen molar-refractivity contribution in [3.05, 3.63) is 48.5 Å². The summed E-state index contributed by atoms with van der Waals surface area (Å²) >= 11 is 0. The number of carboxylic acid groups (broad SMARTS) is 1. The minimum atomic E-state index is -0.802. The molecule has 2 heterocycles. The van der Waals surface area contributed by atoms with Gasteiger partial charge in [0.2, 0.25) is 0 Å².